The molecule has 12 heavy (non-hydrogen) atoms. The van der Waals surface area contributed by atoms with Crippen molar-refractivity contribution in [3.63, 3.8) is 0 Å². The van der Waals surface area contributed by atoms with Gasteiger partial charge in [-0.05, 0) is 19.3 Å². The molecule has 0 bridgehead atoms. The van der Waals surface area contributed by atoms with Crippen molar-refractivity contribution in [1.82, 2.24) is 10.6 Å². The number of hydrogen-bond donors (Lipinski definition) is 2. The Kier molecular flexibility index (Phi) is 3.95. The molecule has 5 heteroatoms. The summed E-state index contributed by atoms with van der Waals surface area (Å²) in [5.74, 6) is 0. The lowest BCUT2D eigenvalue weighted by Gasteiger charge is -2.26. The van der Waals surface area contributed by atoms with Crippen molar-refractivity contribution in [1.29, 1.82) is 0 Å². The van der Waals surface area contributed by atoms with E-state index in [0.717, 1.165) is 12.8 Å². The Morgan fingerprint density at radius 1 is 1.50 bits per heavy atom. The Bertz CT molecular complexity index is 159. The molecule has 0 aliphatic heterocycles. The fraction of sp³-hybridized carbons (Fsp3) is 0.857. The molecule has 0 atom stereocenters. The van der Waals surface area contributed by atoms with Gasteiger partial charge in [-0.1, -0.05) is 0 Å². The zero-order valence-corrected chi connectivity index (χ0v) is 8.16. The van der Waals surface area contributed by atoms with Crippen molar-refractivity contribution < 1.29 is 4.79 Å². The molecular formula is C7H12Cl2N2O. The molecule has 2 N–H and O–H groups in total. The summed E-state index contributed by atoms with van der Waals surface area (Å²) in [6, 6.07) is 0.181. The molecule has 0 aromatic rings. The number of alkyl halides is 2. The van der Waals surface area contributed by atoms with Crippen LogP contribution >= 0.6 is 23.2 Å². The van der Waals surface area contributed by atoms with E-state index in [1.807, 2.05) is 0 Å². The second-order valence-electron chi connectivity index (χ2n) is 2.87. The first kappa shape index (κ1) is 9.93. The van der Waals surface area contributed by atoms with Crippen LogP contribution in [-0.4, -0.2) is 23.5 Å². The number of urea groups is 1. The maximum atomic E-state index is 11.0. The van der Waals surface area contributed by atoms with Crippen LogP contribution in [0.3, 0.4) is 0 Å². The summed E-state index contributed by atoms with van der Waals surface area (Å²) in [6.07, 6.45) is 3.37. The molecule has 0 unspecified atom stereocenters. The summed E-state index contributed by atoms with van der Waals surface area (Å²) in [5, 5.41) is 5.37. The number of nitrogens with one attached hydrogen (secondary N) is 2. The van der Waals surface area contributed by atoms with Crippen LogP contribution in [-0.2, 0) is 0 Å². The predicted molar refractivity (Wildman–Crippen MR) is 49.7 cm³/mol. The van der Waals surface area contributed by atoms with Crippen LogP contribution in [0.1, 0.15) is 19.3 Å². The van der Waals surface area contributed by atoms with E-state index < -0.39 is 4.84 Å². The minimum atomic E-state index is -0.530. The lowest BCUT2D eigenvalue weighted by Crippen LogP contribution is -2.46. The molecule has 3 nitrogen and oxygen atoms in total. The van der Waals surface area contributed by atoms with Crippen LogP contribution < -0.4 is 10.6 Å². The zero-order chi connectivity index (χ0) is 8.97. The summed E-state index contributed by atoms with van der Waals surface area (Å²) in [6.45, 7) is 0.293. The average Bonchev–Trinajstić information content (AvgIpc) is 1.93. The summed E-state index contributed by atoms with van der Waals surface area (Å²) in [4.78, 5) is 10.5. The SMILES string of the molecule is O=C(NCC(Cl)Cl)NC1CCC1. The van der Waals surface area contributed by atoms with Crippen LogP contribution in [0.5, 0.6) is 0 Å². The van der Waals surface area contributed by atoms with Crippen molar-refractivity contribution >= 4 is 29.2 Å². The van der Waals surface area contributed by atoms with E-state index in [9.17, 15) is 4.79 Å². The fourth-order valence-corrected chi connectivity index (χ4v) is 1.11. The lowest BCUT2D eigenvalue weighted by molar-refractivity contribution is 0.229. The van der Waals surface area contributed by atoms with Crippen LogP contribution in [0.2, 0.25) is 0 Å². The Morgan fingerprint density at radius 2 is 2.17 bits per heavy atom. The summed E-state index contributed by atoms with van der Waals surface area (Å²) in [7, 11) is 0. The first-order valence-corrected chi connectivity index (χ1v) is 4.88. The van der Waals surface area contributed by atoms with E-state index >= 15 is 0 Å². The molecule has 1 saturated carbocycles. The Labute approximate surface area is 81.8 Å². The van der Waals surface area contributed by atoms with Gasteiger partial charge in [0, 0.05) is 12.6 Å². The molecule has 2 amide bonds. The number of carbonyl (C=O) groups is 1. The van der Waals surface area contributed by atoms with E-state index in [1.54, 1.807) is 0 Å². The molecule has 0 saturated heterocycles. The van der Waals surface area contributed by atoms with Gasteiger partial charge in [-0.15, -0.1) is 23.2 Å². The fourth-order valence-electron chi connectivity index (χ4n) is 0.959. The van der Waals surface area contributed by atoms with Gasteiger partial charge in [-0.2, -0.15) is 0 Å². The third-order valence-corrected chi connectivity index (χ3v) is 2.17. The summed E-state index contributed by atoms with van der Waals surface area (Å²) >= 11 is 10.9. The van der Waals surface area contributed by atoms with E-state index in [4.69, 9.17) is 23.2 Å². The Hall–Kier alpha value is -0.150. The summed E-state index contributed by atoms with van der Waals surface area (Å²) in [5.41, 5.74) is 0. The van der Waals surface area contributed by atoms with Gasteiger partial charge >= 0.3 is 6.03 Å². The topological polar surface area (TPSA) is 41.1 Å². The van der Waals surface area contributed by atoms with Crippen LogP contribution in [0.15, 0.2) is 0 Å². The molecular weight excluding hydrogens is 199 g/mol. The highest BCUT2D eigenvalue weighted by atomic mass is 35.5. The van der Waals surface area contributed by atoms with Gasteiger partial charge in [0.2, 0.25) is 0 Å². The second-order valence-corrected chi connectivity index (χ2v) is 4.15. The molecule has 0 aromatic heterocycles. The van der Waals surface area contributed by atoms with Crippen molar-refractivity contribution in [2.24, 2.45) is 0 Å². The molecule has 70 valence electrons. The van der Waals surface area contributed by atoms with Crippen molar-refractivity contribution in [2.75, 3.05) is 6.54 Å². The molecule has 0 spiro atoms. The van der Waals surface area contributed by atoms with Crippen molar-refractivity contribution in [3.8, 4) is 0 Å². The zero-order valence-electron chi connectivity index (χ0n) is 6.65. The molecule has 0 heterocycles. The third-order valence-electron chi connectivity index (χ3n) is 1.86. The van der Waals surface area contributed by atoms with Crippen LogP contribution in [0, 0.1) is 0 Å². The maximum absolute atomic E-state index is 11.0. The first-order valence-electron chi connectivity index (χ1n) is 4.01. The normalized spacial score (nSPS) is 17.2. The van der Waals surface area contributed by atoms with Gasteiger partial charge in [-0.3, -0.25) is 0 Å². The molecule has 1 aliphatic rings. The maximum Gasteiger partial charge on any atom is 0.315 e. The molecule has 0 aromatic carbocycles. The highest BCUT2D eigenvalue weighted by Crippen LogP contribution is 2.17. The van der Waals surface area contributed by atoms with E-state index in [1.165, 1.54) is 6.42 Å². The molecule has 1 rings (SSSR count). The third kappa shape index (κ3) is 3.50. The number of carbonyl (C=O) groups excluding carboxylic acids is 1. The number of halogens is 2. The molecule has 0 radical (unpaired) electrons. The van der Waals surface area contributed by atoms with Gasteiger partial charge in [0.1, 0.15) is 4.84 Å². The van der Waals surface area contributed by atoms with E-state index in [-0.39, 0.29) is 6.03 Å². The van der Waals surface area contributed by atoms with Gasteiger partial charge in [0.15, 0.2) is 0 Å². The quantitative estimate of drug-likeness (QED) is 0.684. The van der Waals surface area contributed by atoms with Crippen molar-refractivity contribution in [3.05, 3.63) is 0 Å². The smallest absolute Gasteiger partial charge is 0.315 e. The van der Waals surface area contributed by atoms with E-state index in [2.05, 4.69) is 10.6 Å². The average molecular weight is 211 g/mol. The number of rotatable bonds is 3. The monoisotopic (exact) mass is 210 g/mol. The highest BCUT2D eigenvalue weighted by Gasteiger charge is 2.19. The standard InChI is InChI=1S/C7H12Cl2N2O/c8-6(9)4-10-7(12)11-5-2-1-3-5/h5-6H,1-4H2,(H2,10,11,12). The van der Waals surface area contributed by atoms with Crippen LogP contribution in [0.4, 0.5) is 4.79 Å². The highest BCUT2D eigenvalue weighted by molar-refractivity contribution is 6.44. The lowest BCUT2D eigenvalue weighted by atomic mass is 9.93. The van der Waals surface area contributed by atoms with Gasteiger partial charge in [0.25, 0.3) is 0 Å². The summed E-state index contributed by atoms with van der Waals surface area (Å²) < 4.78 is 0. The van der Waals surface area contributed by atoms with Gasteiger partial charge in [-0.25, -0.2) is 4.79 Å². The van der Waals surface area contributed by atoms with Crippen LogP contribution in [0.25, 0.3) is 0 Å². The Morgan fingerprint density at radius 3 is 2.58 bits per heavy atom. The largest absolute Gasteiger partial charge is 0.335 e. The first-order chi connectivity index (χ1) is 5.68. The number of amides is 2. The van der Waals surface area contributed by atoms with Crippen molar-refractivity contribution in [2.45, 2.75) is 30.1 Å². The Balaban J connectivity index is 2.03. The second kappa shape index (κ2) is 4.77. The van der Waals surface area contributed by atoms with Gasteiger partial charge in [0.05, 0.1) is 0 Å². The molecule has 1 fully saturated rings. The van der Waals surface area contributed by atoms with Gasteiger partial charge < -0.3 is 10.6 Å². The predicted octanol–water partition coefficient (Wildman–Crippen LogP) is 1.64. The minimum Gasteiger partial charge on any atom is -0.335 e. The molecule has 1 aliphatic carbocycles. The number of hydrogen-bond acceptors (Lipinski definition) is 1. The van der Waals surface area contributed by atoms with E-state index in [0.29, 0.717) is 12.6 Å². The minimum absolute atomic E-state index is 0.175.